The molecule has 0 bridgehead atoms. The predicted octanol–water partition coefficient (Wildman–Crippen LogP) is 1.61. The van der Waals surface area contributed by atoms with Crippen LogP contribution in [0.25, 0.3) is 0 Å². The molecule has 0 radical (unpaired) electrons. The van der Waals surface area contributed by atoms with Crippen molar-refractivity contribution in [1.82, 2.24) is 0 Å². The highest BCUT2D eigenvalue weighted by Crippen LogP contribution is 2.12. The third kappa shape index (κ3) is 1.72. The number of hydrogen-bond donors (Lipinski definition) is 0. The van der Waals surface area contributed by atoms with Crippen molar-refractivity contribution in [3.63, 3.8) is 0 Å². The summed E-state index contributed by atoms with van der Waals surface area (Å²) in [5.41, 5.74) is 0. The van der Waals surface area contributed by atoms with Gasteiger partial charge in [0.15, 0.2) is 0 Å². The van der Waals surface area contributed by atoms with Gasteiger partial charge in [0.05, 0.1) is 4.90 Å². The van der Waals surface area contributed by atoms with Gasteiger partial charge in [-0.3, -0.25) is 0 Å². The molecule has 4 heteroatoms. The van der Waals surface area contributed by atoms with Gasteiger partial charge in [-0.05, 0) is 12.1 Å². The van der Waals surface area contributed by atoms with E-state index in [0.717, 1.165) is 0 Å². The van der Waals surface area contributed by atoms with Gasteiger partial charge in [-0.25, -0.2) is 8.42 Å². The fraction of sp³-hybridized carbons (Fsp3) is 0. The summed E-state index contributed by atoms with van der Waals surface area (Å²) in [5.74, 6) is 0. The summed E-state index contributed by atoms with van der Waals surface area (Å²) in [6.45, 7) is 0. The van der Waals surface area contributed by atoms with E-state index in [2.05, 4.69) is 0 Å². The van der Waals surface area contributed by atoms with Crippen LogP contribution in [0.5, 0.6) is 0 Å². The van der Waals surface area contributed by atoms with E-state index in [1.54, 1.807) is 18.2 Å². The minimum atomic E-state index is -3.53. The Hall–Kier alpha value is -0.540. The second kappa shape index (κ2) is 2.60. The Balaban J connectivity index is 3.22. The van der Waals surface area contributed by atoms with Gasteiger partial charge in [-0.1, -0.05) is 18.2 Å². The molecule has 1 rings (SSSR count). The second-order valence-electron chi connectivity index (χ2n) is 1.75. The van der Waals surface area contributed by atoms with Crippen molar-refractivity contribution >= 4 is 19.7 Å². The molecule has 0 N–H and O–H groups in total. The van der Waals surface area contributed by atoms with Gasteiger partial charge in [0.2, 0.25) is 0 Å². The second-order valence-corrected chi connectivity index (χ2v) is 4.32. The first-order valence-corrected chi connectivity index (χ1v) is 4.91. The highest BCUT2D eigenvalue weighted by atomic mass is 35.7. The minimum Gasteiger partial charge on any atom is -0.207 e. The van der Waals surface area contributed by atoms with E-state index in [9.17, 15) is 8.42 Å². The van der Waals surface area contributed by atoms with Gasteiger partial charge in [0.25, 0.3) is 9.05 Å². The SMILES string of the molecule is O=S(=O)(Cl)[14c]1[14cH][14cH][14cH][14cH][14cH]1. The Labute approximate surface area is 63.9 Å². The predicted molar refractivity (Wildman–Crippen MR) is 39.5 cm³/mol. The lowest BCUT2D eigenvalue weighted by Crippen LogP contribution is -1.87. The fourth-order valence-corrected chi connectivity index (χ4v) is 1.37. The molecule has 54 valence electrons. The molecule has 2 nitrogen and oxygen atoms in total. The molecular formula is C6H5ClO2S. The number of benzene rings is 1. The molecule has 0 unspecified atom stereocenters. The molecule has 0 aliphatic carbocycles. The third-order valence-electron chi connectivity index (χ3n) is 1.02. The van der Waals surface area contributed by atoms with Crippen molar-refractivity contribution in [2.75, 3.05) is 0 Å². The Morgan fingerprint density at radius 2 is 1.60 bits per heavy atom. The van der Waals surface area contributed by atoms with Crippen LogP contribution in [0.15, 0.2) is 35.2 Å². The van der Waals surface area contributed by atoms with Crippen LogP contribution in [0.1, 0.15) is 0 Å². The Kier molecular flexibility index (Phi) is 1.97. The molecular weight excluding hydrogens is 184 g/mol. The summed E-state index contributed by atoms with van der Waals surface area (Å²) in [6, 6.07) is 7.86. The number of halogens is 1. The Bertz CT molecular complexity index is 304. The highest BCUT2D eigenvalue weighted by Gasteiger charge is 2.06. The molecule has 0 aromatic heterocycles. The third-order valence-corrected chi connectivity index (χ3v) is 2.39. The molecule has 1 aromatic carbocycles. The highest BCUT2D eigenvalue weighted by molar-refractivity contribution is 8.13. The minimum absolute atomic E-state index is 0.136. The van der Waals surface area contributed by atoms with Crippen LogP contribution in [0.3, 0.4) is 0 Å². The van der Waals surface area contributed by atoms with Crippen LogP contribution in [0.2, 0.25) is 0 Å². The van der Waals surface area contributed by atoms with Crippen LogP contribution in [-0.2, 0) is 9.05 Å². The normalized spacial score (nSPS) is 11.3. The summed E-state index contributed by atoms with van der Waals surface area (Å²) in [4.78, 5) is 0.136. The lowest BCUT2D eigenvalue weighted by molar-refractivity contribution is 0.609. The van der Waals surface area contributed by atoms with Crippen molar-refractivity contribution in [2.45, 2.75) is 4.90 Å². The Morgan fingerprint density at radius 1 is 1.10 bits per heavy atom. The molecule has 0 heterocycles. The first kappa shape index (κ1) is 7.57. The van der Waals surface area contributed by atoms with Gasteiger partial charge in [-0.15, -0.1) is 0 Å². The zero-order valence-corrected chi connectivity index (χ0v) is 6.56. The quantitative estimate of drug-likeness (QED) is 0.628. The van der Waals surface area contributed by atoms with Gasteiger partial charge in [-0.2, -0.15) is 0 Å². The van der Waals surface area contributed by atoms with Crippen molar-refractivity contribution < 1.29 is 8.42 Å². The standard InChI is InChI=1S/C6H5ClO2S/c7-10(8,9)6-4-2-1-3-5-6/h1-5H/i1+2,2+2,3+2,4+2,5+2,6+2. The van der Waals surface area contributed by atoms with Crippen molar-refractivity contribution in [2.24, 2.45) is 0 Å². The molecule has 0 aliphatic rings. The zero-order valence-electron chi connectivity index (χ0n) is 4.99. The van der Waals surface area contributed by atoms with E-state index < -0.39 is 9.05 Å². The molecule has 0 saturated heterocycles. The number of hydrogen-bond acceptors (Lipinski definition) is 2. The largest absolute Gasteiger partial charge is 0.261 e. The first-order valence-electron chi connectivity index (χ1n) is 2.60. The van der Waals surface area contributed by atoms with E-state index in [-0.39, 0.29) is 4.90 Å². The monoisotopic (exact) mass is 188 g/mol. The van der Waals surface area contributed by atoms with E-state index in [4.69, 9.17) is 10.7 Å². The number of rotatable bonds is 1. The summed E-state index contributed by atoms with van der Waals surface area (Å²) >= 11 is 0. The van der Waals surface area contributed by atoms with Crippen molar-refractivity contribution in [1.29, 1.82) is 0 Å². The lowest BCUT2D eigenvalue weighted by atomic mass is 12.4. The fourth-order valence-electron chi connectivity index (χ4n) is 0.583. The van der Waals surface area contributed by atoms with E-state index in [1.807, 2.05) is 0 Å². The average molecular weight is 189 g/mol. The summed E-state index contributed by atoms with van der Waals surface area (Å²) in [5, 5.41) is 0. The summed E-state index contributed by atoms with van der Waals surface area (Å²) in [7, 11) is 1.50. The Morgan fingerprint density at radius 3 is 1.90 bits per heavy atom. The zero-order chi connectivity index (χ0) is 7.61. The first-order chi connectivity index (χ1) is 4.61. The average Bonchev–Trinajstić information content (AvgIpc) is 1.88. The molecule has 0 atom stereocenters. The van der Waals surface area contributed by atoms with Crippen molar-refractivity contribution in [3.05, 3.63) is 30.3 Å². The van der Waals surface area contributed by atoms with Gasteiger partial charge in [0.1, 0.15) is 0 Å². The summed E-state index contributed by atoms with van der Waals surface area (Å²) < 4.78 is 21.2. The van der Waals surface area contributed by atoms with E-state index >= 15 is 0 Å². The van der Waals surface area contributed by atoms with Crippen LogP contribution in [-0.4, -0.2) is 8.42 Å². The van der Waals surface area contributed by atoms with Gasteiger partial charge >= 0.3 is 0 Å². The van der Waals surface area contributed by atoms with Crippen molar-refractivity contribution in [3.8, 4) is 0 Å². The van der Waals surface area contributed by atoms with Crippen LogP contribution < -0.4 is 0 Å². The molecule has 0 amide bonds. The van der Waals surface area contributed by atoms with Crippen LogP contribution in [0.4, 0.5) is 0 Å². The smallest absolute Gasteiger partial charge is 0.207 e. The molecule has 0 saturated carbocycles. The lowest BCUT2D eigenvalue weighted by Gasteiger charge is -1.91. The van der Waals surface area contributed by atoms with Crippen LogP contribution >= 0.6 is 10.7 Å². The van der Waals surface area contributed by atoms with Gasteiger partial charge in [0, 0.05) is 10.7 Å². The summed E-state index contributed by atoms with van der Waals surface area (Å²) in [6.07, 6.45) is 0. The maximum Gasteiger partial charge on any atom is 0.261 e. The van der Waals surface area contributed by atoms with E-state index in [1.165, 1.54) is 12.1 Å². The molecule has 0 fully saturated rings. The van der Waals surface area contributed by atoms with E-state index in [0.29, 0.717) is 0 Å². The van der Waals surface area contributed by atoms with Gasteiger partial charge < -0.3 is 0 Å². The molecule has 10 heavy (non-hydrogen) atoms. The maximum absolute atomic E-state index is 10.6. The topological polar surface area (TPSA) is 34.1 Å². The molecule has 0 spiro atoms. The molecule has 1 aromatic rings. The molecule has 0 aliphatic heterocycles. The van der Waals surface area contributed by atoms with Crippen LogP contribution in [0, 0.1) is 0 Å². The maximum atomic E-state index is 10.6.